The molecule has 2 atom stereocenters. The van der Waals surface area contributed by atoms with Gasteiger partial charge in [-0.15, -0.1) is 11.3 Å². The second-order valence-corrected chi connectivity index (χ2v) is 16.7. The van der Waals surface area contributed by atoms with Gasteiger partial charge in [0.1, 0.15) is 5.00 Å². The zero-order valence-corrected chi connectivity index (χ0v) is 24.8. The highest BCUT2D eigenvalue weighted by Crippen LogP contribution is 2.44. The second-order valence-electron chi connectivity index (χ2n) is 10.8. The van der Waals surface area contributed by atoms with E-state index in [-0.39, 0.29) is 33.4 Å². The highest BCUT2D eigenvalue weighted by Gasteiger charge is 2.36. The van der Waals surface area contributed by atoms with Crippen molar-refractivity contribution in [2.45, 2.75) is 64.6 Å². The van der Waals surface area contributed by atoms with Gasteiger partial charge in [-0.3, -0.25) is 9.59 Å². The van der Waals surface area contributed by atoms with E-state index in [9.17, 15) is 26.4 Å². The summed E-state index contributed by atoms with van der Waals surface area (Å²) in [6.45, 7) is 7.96. The lowest BCUT2D eigenvalue weighted by Gasteiger charge is -2.33. The van der Waals surface area contributed by atoms with Gasteiger partial charge in [0, 0.05) is 10.9 Å². The summed E-state index contributed by atoms with van der Waals surface area (Å²) in [5.41, 5.74) is 0.885. The lowest BCUT2D eigenvalue weighted by atomic mass is 9.72. The SMILES string of the molecule is CCS(=O)(=O)c1ncc(Cl)c(C(=O)Nc2sc3c(c2C(=O)NC2CCS(=O)(=O)C2)CCC(C(C)(C)C)C3)n1. The van der Waals surface area contributed by atoms with Crippen molar-refractivity contribution in [2.24, 2.45) is 11.3 Å². The number of carbonyl (C=O) groups excluding carboxylic acids is 2. The Kier molecular flexibility index (Phi) is 7.97. The van der Waals surface area contributed by atoms with Crippen LogP contribution in [0.5, 0.6) is 0 Å². The van der Waals surface area contributed by atoms with Crippen molar-refractivity contribution >= 4 is 59.4 Å². The van der Waals surface area contributed by atoms with E-state index in [1.54, 1.807) is 0 Å². The van der Waals surface area contributed by atoms with Gasteiger partial charge < -0.3 is 10.6 Å². The van der Waals surface area contributed by atoms with Crippen molar-refractivity contribution in [1.29, 1.82) is 0 Å². The minimum absolute atomic E-state index is 0.0196. The molecule has 1 aliphatic heterocycles. The normalized spacial score (nSPS) is 21.1. The number of nitrogens with one attached hydrogen (secondary N) is 2. The first-order valence-electron chi connectivity index (χ1n) is 12.3. The number of carbonyl (C=O) groups is 2. The van der Waals surface area contributed by atoms with Crippen LogP contribution in [0.25, 0.3) is 0 Å². The van der Waals surface area contributed by atoms with Crippen LogP contribution in [0.4, 0.5) is 5.00 Å². The number of halogens is 1. The van der Waals surface area contributed by atoms with Gasteiger partial charge in [0.25, 0.3) is 11.8 Å². The minimum atomic E-state index is -3.78. The largest absolute Gasteiger partial charge is 0.348 e. The Labute approximate surface area is 231 Å². The fourth-order valence-electron chi connectivity index (χ4n) is 4.77. The summed E-state index contributed by atoms with van der Waals surface area (Å²) in [6.07, 6.45) is 3.65. The molecule has 0 saturated carbocycles. The molecule has 2 aromatic heterocycles. The molecule has 0 spiro atoms. The average Bonchev–Trinajstić information content (AvgIpc) is 3.36. The Morgan fingerprint density at radius 1 is 1.21 bits per heavy atom. The zero-order valence-electron chi connectivity index (χ0n) is 21.6. The lowest BCUT2D eigenvalue weighted by Crippen LogP contribution is -2.36. The second kappa shape index (κ2) is 10.5. The lowest BCUT2D eigenvalue weighted by molar-refractivity contribution is 0.0941. The quantitative estimate of drug-likeness (QED) is 0.478. The van der Waals surface area contributed by atoms with E-state index in [1.807, 2.05) is 0 Å². The molecule has 10 nitrogen and oxygen atoms in total. The standard InChI is InChI=1S/C24H31ClN4O6S3/c1-5-38(34,35)23-26-11-16(25)19(28-23)21(31)29-22-18(20(30)27-14-8-9-37(32,33)12-14)15-7-6-13(24(2,3)4)10-17(15)36-22/h11,13-14H,5-10,12H2,1-4H3,(H,27,30)(H,29,31). The van der Waals surface area contributed by atoms with Crippen molar-refractivity contribution in [3.8, 4) is 0 Å². The molecule has 208 valence electrons. The number of anilines is 1. The number of sulfone groups is 2. The summed E-state index contributed by atoms with van der Waals surface area (Å²) in [7, 11) is -6.98. The maximum Gasteiger partial charge on any atom is 0.276 e. The van der Waals surface area contributed by atoms with Crippen LogP contribution in [0.2, 0.25) is 5.02 Å². The van der Waals surface area contributed by atoms with Crippen LogP contribution in [0.15, 0.2) is 11.4 Å². The van der Waals surface area contributed by atoms with Crippen LogP contribution < -0.4 is 10.6 Å². The zero-order chi connectivity index (χ0) is 28.0. The summed E-state index contributed by atoms with van der Waals surface area (Å²) in [4.78, 5) is 35.4. The van der Waals surface area contributed by atoms with Crippen molar-refractivity contribution < 1.29 is 26.4 Å². The smallest absolute Gasteiger partial charge is 0.276 e. The number of hydrogen-bond acceptors (Lipinski definition) is 9. The highest BCUT2D eigenvalue weighted by molar-refractivity contribution is 7.91. The molecule has 2 amide bonds. The van der Waals surface area contributed by atoms with E-state index >= 15 is 0 Å². The predicted octanol–water partition coefficient (Wildman–Crippen LogP) is 3.31. The van der Waals surface area contributed by atoms with Gasteiger partial charge in [0.15, 0.2) is 15.5 Å². The van der Waals surface area contributed by atoms with Crippen LogP contribution in [0, 0.1) is 11.3 Å². The number of rotatable bonds is 6. The van der Waals surface area contributed by atoms with Crippen LogP contribution >= 0.6 is 22.9 Å². The molecule has 3 heterocycles. The molecular formula is C24H31ClN4O6S3. The fraction of sp³-hybridized carbons (Fsp3) is 0.583. The third kappa shape index (κ3) is 6.05. The van der Waals surface area contributed by atoms with Crippen LogP contribution in [0.1, 0.15) is 71.8 Å². The third-order valence-electron chi connectivity index (χ3n) is 7.11. The minimum Gasteiger partial charge on any atom is -0.348 e. The number of amides is 2. The molecule has 1 saturated heterocycles. The van der Waals surface area contributed by atoms with E-state index in [0.717, 1.165) is 29.5 Å². The van der Waals surface area contributed by atoms with Gasteiger partial charge in [-0.1, -0.05) is 39.3 Å². The molecular weight excluding hydrogens is 572 g/mol. The maximum absolute atomic E-state index is 13.5. The molecule has 2 aromatic rings. The van der Waals surface area contributed by atoms with Gasteiger partial charge in [0.05, 0.1) is 34.0 Å². The molecule has 38 heavy (non-hydrogen) atoms. The molecule has 2 unspecified atom stereocenters. The van der Waals surface area contributed by atoms with Gasteiger partial charge in [-0.25, -0.2) is 26.8 Å². The Hall–Kier alpha value is -2.09. The molecule has 1 fully saturated rings. The number of aromatic nitrogens is 2. The van der Waals surface area contributed by atoms with E-state index in [4.69, 9.17) is 11.6 Å². The first kappa shape index (κ1) is 28.9. The Morgan fingerprint density at radius 3 is 2.53 bits per heavy atom. The Balaban J connectivity index is 1.69. The van der Waals surface area contributed by atoms with Crippen molar-refractivity contribution in [3.05, 3.63) is 32.9 Å². The number of nitrogens with zero attached hydrogens (tertiary/aromatic N) is 2. The summed E-state index contributed by atoms with van der Waals surface area (Å²) in [6, 6.07) is -0.504. The third-order valence-corrected chi connectivity index (χ3v) is 11.8. The van der Waals surface area contributed by atoms with Gasteiger partial charge in [-0.05, 0) is 42.6 Å². The first-order valence-corrected chi connectivity index (χ1v) is 17.0. The molecule has 2 aliphatic rings. The molecule has 0 radical (unpaired) electrons. The van der Waals surface area contributed by atoms with Crippen LogP contribution in [-0.4, -0.2) is 61.9 Å². The van der Waals surface area contributed by atoms with Gasteiger partial charge in [-0.2, -0.15) is 0 Å². The first-order chi connectivity index (χ1) is 17.6. The van der Waals surface area contributed by atoms with E-state index in [0.29, 0.717) is 29.3 Å². The number of thiophene rings is 1. The van der Waals surface area contributed by atoms with Crippen molar-refractivity contribution in [3.63, 3.8) is 0 Å². The van der Waals surface area contributed by atoms with Gasteiger partial charge in [0.2, 0.25) is 15.0 Å². The Morgan fingerprint density at radius 2 is 1.92 bits per heavy atom. The summed E-state index contributed by atoms with van der Waals surface area (Å²) in [5.74, 6) is -1.18. The molecule has 0 bridgehead atoms. The van der Waals surface area contributed by atoms with E-state index in [1.165, 1.54) is 18.3 Å². The number of fused-ring (bicyclic) bond motifs is 1. The fourth-order valence-corrected chi connectivity index (χ4v) is 8.64. The average molecular weight is 603 g/mol. The Bertz CT molecular complexity index is 1500. The topological polar surface area (TPSA) is 152 Å². The molecule has 1 aliphatic carbocycles. The molecule has 2 N–H and O–H groups in total. The van der Waals surface area contributed by atoms with Crippen LogP contribution in [-0.2, 0) is 32.5 Å². The molecule has 0 aromatic carbocycles. The summed E-state index contributed by atoms with van der Waals surface area (Å²) < 4.78 is 48.3. The molecule has 4 rings (SSSR count). The van der Waals surface area contributed by atoms with Gasteiger partial charge >= 0.3 is 0 Å². The highest BCUT2D eigenvalue weighted by atomic mass is 35.5. The molecule has 14 heteroatoms. The summed E-state index contributed by atoms with van der Waals surface area (Å²) in [5, 5.41) is 5.22. The predicted molar refractivity (Wildman–Crippen MR) is 147 cm³/mol. The van der Waals surface area contributed by atoms with E-state index in [2.05, 4.69) is 41.4 Å². The van der Waals surface area contributed by atoms with Crippen LogP contribution in [0.3, 0.4) is 0 Å². The van der Waals surface area contributed by atoms with E-state index < -0.39 is 42.7 Å². The van der Waals surface area contributed by atoms with Crippen molar-refractivity contribution in [2.75, 3.05) is 22.6 Å². The number of hydrogen-bond donors (Lipinski definition) is 2. The van der Waals surface area contributed by atoms with Crippen molar-refractivity contribution in [1.82, 2.24) is 15.3 Å². The monoisotopic (exact) mass is 602 g/mol. The summed E-state index contributed by atoms with van der Waals surface area (Å²) >= 11 is 7.45. The maximum atomic E-state index is 13.5.